The van der Waals surface area contributed by atoms with E-state index in [2.05, 4.69) is 15.0 Å². The van der Waals surface area contributed by atoms with Crippen LogP contribution in [0.3, 0.4) is 0 Å². The predicted molar refractivity (Wildman–Crippen MR) is 97.3 cm³/mol. The monoisotopic (exact) mass is 400 g/mol. The van der Waals surface area contributed by atoms with Crippen LogP contribution in [0, 0.1) is 0 Å². The zero-order valence-corrected chi connectivity index (χ0v) is 15.3. The minimum Gasteiger partial charge on any atom is -0.397 e. The Morgan fingerprint density at radius 2 is 2.00 bits per heavy atom. The maximum Gasteiger partial charge on any atom is 0.417 e. The average Bonchev–Trinajstić information content (AvgIpc) is 2.94. The van der Waals surface area contributed by atoms with Crippen LogP contribution in [-0.4, -0.2) is 34.4 Å². The largest absolute Gasteiger partial charge is 0.417 e. The molecule has 0 fully saturated rings. The second-order valence-corrected chi connectivity index (χ2v) is 7.72. The summed E-state index contributed by atoms with van der Waals surface area (Å²) in [5, 5.41) is -0.0441. The molecular weight excluding hydrogens is 385 g/mol. The number of nitrogen functional groups attached to an aromatic ring is 1. The number of fused-ring (bicyclic) bond motifs is 1. The summed E-state index contributed by atoms with van der Waals surface area (Å²) in [6, 6.07) is 1.00. The van der Waals surface area contributed by atoms with Crippen LogP contribution in [0.15, 0.2) is 29.0 Å². The molecule has 0 saturated carbocycles. The molecule has 0 unspecified atom stereocenters. The molecule has 138 valence electrons. The Bertz CT molecular complexity index is 900. The number of nitrogens with two attached hydrogens (primary N) is 1. The molecule has 0 amide bonds. The average molecular weight is 400 g/mol. The lowest BCUT2D eigenvalue weighted by atomic mass is 10.1. The summed E-state index contributed by atoms with van der Waals surface area (Å²) in [7, 11) is 1.60. The minimum atomic E-state index is -4.54. The van der Waals surface area contributed by atoms with Gasteiger partial charge >= 0.3 is 6.18 Å². The van der Waals surface area contributed by atoms with Crippen molar-refractivity contribution in [3.63, 3.8) is 0 Å². The van der Waals surface area contributed by atoms with Crippen molar-refractivity contribution >= 4 is 39.0 Å². The first-order chi connectivity index (χ1) is 12.4. The van der Waals surface area contributed by atoms with Crippen LogP contribution in [-0.2, 0) is 10.9 Å². The summed E-state index contributed by atoms with van der Waals surface area (Å²) in [4.78, 5) is 12.3. The SMILES string of the molecule is COCCCSc1sc2nc(-c3cncnc3)cc(C(F)(F)F)c2c1N. The lowest BCUT2D eigenvalue weighted by molar-refractivity contribution is -0.136. The molecule has 3 aromatic rings. The number of thioether (sulfide) groups is 1. The summed E-state index contributed by atoms with van der Waals surface area (Å²) in [5.74, 6) is 0.700. The summed E-state index contributed by atoms with van der Waals surface area (Å²) >= 11 is 2.58. The number of halogens is 3. The second kappa shape index (κ2) is 7.77. The topological polar surface area (TPSA) is 73.9 Å². The van der Waals surface area contributed by atoms with E-state index in [9.17, 15) is 13.2 Å². The number of nitrogens with zero attached hydrogens (tertiary/aromatic N) is 3. The van der Waals surface area contributed by atoms with Gasteiger partial charge in [0.1, 0.15) is 11.2 Å². The van der Waals surface area contributed by atoms with Gasteiger partial charge in [0.15, 0.2) is 0 Å². The number of ether oxygens (including phenoxy) is 1. The van der Waals surface area contributed by atoms with Crippen molar-refractivity contribution in [2.24, 2.45) is 0 Å². The first kappa shape index (κ1) is 18.9. The highest BCUT2D eigenvalue weighted by molar-refractivity contribution is 8.01. The standard InChI is InChI=1S/C16H15F3N4OS2/c1-24-3-2-4-25-15-13(20)12-10(16(17,18)19)5-11(23-14(12)26-15)9-6-21-8-22-7-9/h5-8H,2-4,20H2,1H3. The molecule has 3 aromatic heterocycles. The number of alkyl halides is 3. The van der Waals surface area contributed by atoms with E-state index in [4.69, 9.17) is 10.5 Å². The van der Waals surface area contributed by atoms with Crippen molar-refractivity contribution in [2.45, 2.75) is 16.8 Å². The molecule has 0 atom stereocenters. The van der Waals surface area contributed by atoms with Crippen LogP contribution < -0.4 is 5.73 Å². The Labute approximate surface area is 155 Å². The normalized spacial score (nSPS) is 12.0. The smallest absolute Gasteiger partial charge is 0.397 e. The number of aromatic nitrogens is 3. The molecule has 3 heterocycles. The Balaban J connectivity index is 2.09. The van der Waals surface area contributed by atoms with E-state index in [1.54, 1.807) is 7.11 Å². The molecule has 2 N–H and O–H groups in total. The van der Waals surface area contributed by atoms with Crippen molar-refractivity contribution in [3.8, 4) is 11.3 Å². The molecule has 26 heavy (non-hydrogen) atoms. The quantitative estimate of drug-likeness (QED) is 0.486. The third-order valence-corrected chi connectivity index (χ3v) is 6.03. The van der Waals surface area contributed by atoms with Gasteiger partial charge in [-0.25, -0.2) is 15.0 Å². The number of rotatable bonds is 6. The maximum absolute atomic E-state index is 13.6. The molecule has 0 aromatic carbocycles. The molecule has 0 spiro atoms. The van der Waals surface area contributed by atoms with Gasteiger partial charge in [0.05, 0.1) is 21.2 Å². The highest BCUT2D eigenvalue weighted by Gasteiger charge is 2.35. The first-order valence-electron chi connectivity index (χ1n) is 7.59. The van der Waals surface area contributed by atoms with Gasteiger partial charge in [-0.1, -0.05) is 0 Å². The molecule has 0 radical (unpaired) electrons. The molecule has 10 heteroatoms. The van der Waals surface area contributed by atoms with Crippen LogP contribution in [0.2, 0.25) is 0 Å². The number of hydrogen-bond donors (Lipinski definition) is 1. The van der Waals surface area contributed by atoms with Gasteiger partial charge in [-0.2, -0.15) is 13.2 Å². The van der Waals surface area contributed by atoms with E-state index < -0.39 is 11.7 Å². The number of hydrogen-bond acceptors (Lipinski definition) is 7. The highest BCUT2D eigenvalue weighted by atomic mass is 32.2. The van der Waals surface area contributed by atoms with E-state index in [0.29, 0.717) is 22.1 Å². The molecule has 0 aliphatic heterocycles. The fourth-order valence-electron chi connectivity index (χ4n) is 2.38. The molecule has 0 bridgehead atoms. The third kappa shape index (κ3) is 3.92. The zero-order valence-electron chi connectivity index (χ0n) is 13.7. The van der Waals surface area contributed by atoms with E-state index >= 15 is 0 Å². The fourth-order valence-corrected chi connectivity index (χ4v) is 4.66. The van der Waals surface area contributed by atoms with Gasteiger partial charge in [0.25, 0.3) is 0 Å². The summed E-state index contributed by atoms with van der Waals surface area (Å²) in [5.41, 5.74) is 5.96. The Morgan fingerprint density at radius 3 is 2.65 bits per heavy atom. The lowest BCUT2D eigenvalue weighted by Crippen LogP contribution is -2.07. The molecule has 3 rings (SSSR count). The highest BCUT2D eigenvalue weighted by Crippen LogP contribution is 2.46. The Hall–Kier alpha value is -1.91. The molecular formula is C16H15F3N4OS2. The van der Waals surface area contributed by atoms with E-state index in [-0.39, 0.29) is 21.6 Å². The van der Waals surface area contributed by atoms with Gasteiger partial charge < -0.3 is 10.5 Å². The van der Waals surface area contributed by atoms with Crippen LogP contribution in [0.4, 0.5) is 18.9 Å². The van der Waals surface area contributed by atoms with Crippen LogP contribution in [0.5, 0.6) is 0 Å². The molecule has 0 aliphatic rings. The maximum atomic E-state index is 13.6. The van der Waals surface area contributed by atoms with Crippen LogP contribution in [0.1, 0.15) is 12.0 Å². The van der Waals surface area contributed by atoms with Gasteiger partial charge in [-0.15, -0.1) is 23.1 Å². The second-order valence-electron chi connectivity index (χ2n) is 5.36. The lowest BCUT2D eigenvalue weighted by Gasteiger charge is -2.11. The minimum absolute atomic E-state index is 0.0441. The first-order valence-corrected chi connectivity index (χ1v) is 9.39. The zero-order chi connectivity index (χ0) is 18.7. The molecule has 5 nitrogen and oxygen atoms in total. The van der Waals surface area contributed by atoms with Crippen molar-refractivity contribution in [1.29, 1.82) is 0 Å². The van der Waals surface area contributed by atoms with E-state index in [0.717, 1.165) is 12.5 Å². The van der Waals surface area contributed by atoms with Crippen LogP contribution >= 0.6 is 23.1 Å². The van der Waals surface area contributed by atoms with Gasteiger partial charge in [0.2, 0.25) is 0 Å². The van der Waals surface area contributed by atoms with Crippen molar-refractivity contribution in [2.75, 3.05) is 25.2 Å². The summed E-state index contributed by atoms with van der Waals surface area (Å²) in [6.45, 7) is 0.585. The summed E-state index contributed by atoms with van der Waals surface area (Å²) < 4.78 is 46.5. The fraction of sp³-hybridized carbons (Fsp3) is 0.312. The summed E-state index contributed by atoms with van der Waals surface area (Å²) in [6.07, 6.45) is 0.405. The van der Waals surface area contributed by atoms with E-state index in [1.807, 2.05) is 0 Å². The molecule has 0 aliphatic carbocycles. The van der Waals surface area contributed by atoms with Gasteiger partial charge in [-0.3, -0.25) is 0 Å². The molecule has 0 saturated heterocycles. The van der Waals surface area contributed by atoms with Crippen molar-refractivity contribution < 1.29 is 17.9 Å². The third-order valence-electron chi connectivity index (χ3n) is 3.55. The Kier molecular flexibility index (Phi) is 5.64. The van der Waals surface area contributed by atoms with Crippen LogP contribution in [0.25, 0.3) is 21.5 Å². The van der Waals surface area contributed by atoms with Gasteiger partial charge in [-0.05, 0) is 12.5 Å². The van der Waals surface area contributed by atoms with Gasteiger partial charge in [0, 0.05) is 42.8 Å². The predicted octanol–water partition coefficient (Wildman–Crippen LogP) is 4.48. The number of thiophene rings is 1. The Morgan fingerprint density at radius 1 is 1.27 bits per heavy atom. The van der Waals surface area contributed by atoms with Crippen molar-refractivity contribution in [1.82, 2.24) is 15.0 Å². The van der Waals surface area contributed by atoms with Crippen molar-refractivity contribution in [3.05, 3.63) is 30.4 Å². The number of anilines is 1. The van der Waals surface area contributed by atoms with E-state index in [1.165, 1.54) is 41.8 Å². The number of methoxy groups -OCH3 is 1. The number of pyridine rings is 1.